The minimum absolute atomic E-state index is 0.0997. The Kier molecular flexibility index (Phi) is 4.71. The van der Waals surface area contributed by atoms with E-state index < -0.39 is 11.2 Å². The van der Waals surface area contributed by atoms with E-state index in [2.05, 4.69) is 9.97 Å². The van der Waals surface area contributed by atoms with Crippen molar-refractivity contribution in [2.45, 2.75) is 26.4 Å². The van der Waals surface area contributed by atoms with Crippen molar-refractivity contribution in [1.82, 2.24) is 19.1 Å². The molecule has 2 N–H and O–H groups in total. The van der Waals surface area contributed by atoms with E-state index in [-0.39, 0.29) is 5.75 Å². The van der Waals surface area contributed by atoms with Gasteiger partial charge in [-0.3, -0.25) is 14.3 Å². The van der Waals surface area contributed by atoms with Gasteiger partial charge in [-0.25, -0.2) is 9.78 Å². The second-order valence-corrected chi connectivity index (χ2v) is 5.71. The number of imidazole rings is 1. The molecule has 1 aromatic carbocycles. The van der Waals surface area contributed by atoms with Gasteiger partial charge in [-0.05, 0) is 18.6 Å². The zero-order valence-electron chi connectivity index (χ0n) is 14.2. The van der Waals surface area contributed by atoms with Gasteiger partial charge in [-0.2, -0.15) is 0 Å². The predicted molar refractivity (Wildman–Crippen MR) is 93.9 cm³/mol. The molecule has 0 bridgehead atoms. The van der Waals surface area contributed by atoms with Gasteiger partial charge in [-0.1, -0.05) is 19.1 Å². The van der Waals surface area contributed by atoms with Crippen LogP contribution in [0.15, 0.2) is 33.9 Å². The number of H-pyrrole nitrogens is 1. The minimum atomic E-state index is -0.484. The number of methoxy groups -OCH3 is 1. The Morgan fingerprint density at radius 2 is 2.04 bits per heavy atom. The summed E-state index contributed by atoms with van der Waals surface area (Å²) in [6.07, 6.45) is 0.730. The predicted octanol–water partition coefficient (Wildman–Crippen LogP) is 1.32. The highest BCUT2D eigenvalue weighted by Crippen LogP contribution is 2.25. The molecule has 132 valence electrons. The van der Waals surface area contributed by atoms with Crippen molar-refractivity contribution < 1.29 is 9.84 Å². The van der Waals surface area contributed by atoms with E-state index in [0.29, 0.717) is 42.2 Å². The van der Waals surface area contributed by atoms with Crippen molar-refractivity contribution >= 4 is 11.2 Å². The molecule has 0 saturated carbocycles. The van der Waals surface area contributed by atoms with Crippen LogP contribution in [0.3, 0.4) is 0 Å². The number of rotatable bonds is 6. The van der Waals surface area contributed by atoms with Crippen LogP contribution in [-0.2, 0) is 17.8 Å². The molecule has 2 heterocycles. The summed E-state index contributed by atoms with van der Waals surface area (Å²) in [5.74, 6) is 0.603. The topological polar surface area (TPSA) is 102 Å². The van der Waals surface area contributed by atoms with E-state index >= 15 is 0 Å². The quantitative estimate of drug-likeness (QED) is 0.702. The zero-order chi connectivity index (χ0) is 18.0. The van der Waals surface area contributed by atoms with Crippen molar-refractivity contribution in [2.75, 3.05) is 13.7 Å². The summed E-state index contributed by atoms with van der Waals surface area (Å²) in [7, 11) is 1.57. The lowest BCUT2D eigenvalue weighted by Crippen LogP contribution is -2.31. The van der Waals surface area contributed by atoms with Crippen LogP contribution in [0.25, 0.3) is 22.6 Å². The third-order valence-electron chi connectivity index (χ3n) is 3.96. The summed E-state index contributed by atoms with van der Waals surface area (Å²) in [6.45, 7) is 3.17. The number of benzene rings is 1. The molecule has 0 aliphatic carbocycles. The summed E-state index contributed by atoms with van der Waals surface area (Å²) >= 11 is 0. The Morgan fingerprint density at radius 3 is 2.72 bits per heavy atom. The Morgan fingerprint density at radius 1 is 1.24 bits per heavy atom. The van der Waals surface area contributed by atoms with Gasteiger partial charge in [-0.15, -0.1) is 0 Å². The van der Waals surface area contributed by atoms with Crippen LogP contribution in [0.2, 0.25) is 0 Å². The van der Waals surface area contributed by atoms with E-state index in [9.17, 15) is 14.7 Å². The summed E-state index contributed by atoms with van der Waals surface area (Å²) in [5.41, 5.74) is 0.358. The third-order valence-corrected chi connectivity index (χ3v) is 3.96. The maximum Gasteiger partial charge on any atom is 0.330 e. The second kappa shape index (κ2) is 6.94. The Labute approximate surface area is 143 Å². The first-order valence-electron chi connectivity index (χ1n) is 8.08. The number of aryl methyl sites for hydroxylation is 1. The van der Waals surface area contributed by atoms with E-state index in [1.165, 1.54) is 4.57 Å². The van der Waals surface area contributed by atoms with Gasteiger partial charge in [0.1, 0.15) is 11.6 Å². The van der Waals surface area contributed by atoms with Crippen molar-refractivity contribution in [2.24, 2.45) is 0 Å². The summed E-state index contributed by atoms with van der Waals surface area (Å²) < 4.78 is 8.33. The number of hydrogen-bond acceptors (Lipinski definition) is 5. The number of phenolic OH excluding ortho intramolecular Hbond substituents is 1. The number of aromatic amines is 1. The fraction of sp³-hybridized carbons (Fsp3) is 0.353. The average molecular weight is 344 g/mol. The number of phenols is 1. The van der Waals surface area contributed by atoms with E-state index in [1.807, 2.05) is 6.92 Å². The molecule has 0 unspecified atom stereocenters. The number of fused-ring (bicyclic) bond motifs is 1. The maximum atomic E-state index is 12.4. The number of hydrogen-bond donors (Lipinski definition) is 2. The molecule has 2 aromatic heterocycles. The molecule has 8 heteroatoms. The van der Waals surface area contributed by atoms with Gasteiger partial charge < -0.3 is 14.4 Å². The van der Waals surface area contributed by atoms with Crippen LogP contribution < -0.4 is 11.2 Å². The first kappa shape index (κ1) is 17.0. The lowest BCUT2D eigenvalue weighted by molar-refractivity contribution is 0.188. The van der Waals surface area contributed by atoms with E-state index in [4.69, 9.17) is 4.74 Å². The van der Waals surface area contributed by atoms with Gasteiger partial charge in [0.2, 0.25) is 0 Å². The second-order valence-electron chi connectivity index (χ2n) is 5.71. The van der Waals surface area contributed by atoms with Gasteiger partial charge >= 0.3 is 5.69 Å². The first-order chi connectivity index (χ1) is 12.1. The smallest absolute Gasteiger partial charge is 0.330 e. The molecule has 0 spiro atoms. The molecule has 0 atom stereocenters. The Hall–Kier alpha value is -2.87. The summed E-state index contributed by atoms with van der Waals surface area (Å²) in [6, 6.07) is 6.63. The molecule has 0 aliphatic rings. The van der Waals surface area contributed by atoms with Crippen molar-refractivity contribution in [3.05, 3.63) is 45.1 Å². The highest BCUT2D eigenvalue weighted by molar-refractivity contribution is 5.77. The average Bonchev–Trinajstić information content (AvgIpc) is 2.96. The Bertz CT molecular complexity index is 1020. The molecule has 0 saturated heterocycles. The number of nitrogens with zero attached hydrogens (tertiary/aromatic N) is 3. The highest BCUT2D eigenvalue weighted by atomic mass is 16.5. The summed E-state index contributed by atoms with van der Waals surface area (Å²) in [5, 5.41) is 9.77. The van der Waals surface area contributed by atoms with Crippen molar-refractivity contribution in [1.29, 1.82) is 0 Å². The minimum Gasteiger partial charge on any atom is -0.508 e. The number of aromatic nitrogens is 4. The monoisotopic (exact) mass is 344 g/mol. The molecule has 25 heavy (non-hydrogen) atoms. The van der Waals surface area contributed by atoms with Gasteiger partial charge in [0, 0.05) is 25.8 Å². The number of aromatic hydroxyl groups is 1. The lowest BCUT2D eigenvalue weighted by Gasteiger charge is -2.08. The molecule has 0 aliphatic heterocycles. The number of nitrogens with one attached hydrogen (secondary N) is 1. The maximum absolute atomic E-state index is 12.4. The molecule has 3 rings (SSSR count). The normalized spacial score (nSPS) is 11.3. The van der Waals surface area contributed by atoms with Crippen LogP contribution in [0.5, 0.6) is 5.75 Å². The third kappa shape index (κ3) is 3.08. The largest absolute Gasteiger partial charge is 0.508 e. The zero-order valence-corrected chi connectivity index (χ0v) is 14.2. The molecular weight excluding hydrogens is 324 g/mol. The molecule has 0 radical (unpaired) electrons. The van der Waals surface area contributed by atoms with Gasteiger partial charge in [0.15, 0.2) is 11.2 Å². The Balaban J connectivity index is 2.36. The first-order valence-corrected chi connectivity index (χ1v) is 8.08. The fourth-order valence-electron chi connectivity index (χ4n) is 2.87. The fourth-order valence-corrected chi connectivity index (χ4v) is 2.87. The number of ether oxygens (including phenoxy) is 1. The van der Waals surface area contributed by atoms with Crippen LogP contribution in [0.4, 0.5) is 0 Å². The van der Waals surface area contributed by atoms with Crippen molar-refractivity contribution in [3.63, 3.8) is 0 Å². The van der Waals surface area contributed by atoms with Crippen LogP contribution >= 0.6 is 0 Å². The lowest BCUT2D eigenvalue weighted by atomic mass is 10.2. The van der Waals surface area contributed by atoms with Crippen molar-refractivity contribution in [3.8, 4) is 17.1 Å². The standard InChI is InChI=1S/C17H20N4O4/c1-3-7-21-15-13(16(23)19-17(21)24)20(8-9-25-2)14(18-15)11-5-4-6-12(22)10-11/h4-6,10,22H,3,7-9H2,1-2H3,(H,19,23,24). The van der Waals surface area contributed by atoms with Gasteiger partial charge in [0.25, 0.3) is 5.56 Å². The highest BCUT2D eigenvalue weighted by Gasteiger charge is 2.19. The summed E-state index contributed by atoms with van der Waals surface area (Å²) in [4.78, 5) is 31.5. The molecule has 3 aromatic rings. The molecule has 8 nitrogen and oxygen atoms in total. The van der Waals surface area contributed by atoms with Crippen LogP contribution in [0.1, 0.15) is 13.3 Å². The SMILES string of the molecule is CCCn1c(=O)[nH]c(=O)c2c1nc(-c1cccc(O)c1)n2CCOC. The van der Waals surface area contributed by atoms with E-state index in [0.717, 1.165) is 6.42 Å². The van der Waals surface area contributed by atoms with E-state index in [1.54, 1.807) is 35.9 Å². The molecule has 0 amide bonds. The molecular formula is C17H20N4O4. The van der Waals surface area contributed by atoms with Crippen LogP contribution in [0, 0.1) is 0 Å². The van der Waals surface area contributed by atoms with Crippen LogP contribution in [-0.4, -0.2) is 37.9 Å². The molecule has 0 fully saturated rings. The van der Waals surface area contributed by atoms with Gasteiger partial charge in [0.05, 0.1) is 6.61 Å².